The zero-order valence-corrected chi connectivity index (χ0v) is 11.0. The van der Waals surface area contributed by atoms with Gasteiger partial charge in [-0.25, -0.2) is 0 Å². The van der Waals surface area contributed by atoms with Crippen LogP contribution in [0.15, 0.2) is 18.2 Å². The molecule has 0 saturated carbocycles. The maximum Gasteiger partial charge on any atom is 0.122 e. The highest BCUT2D eigenvalue weighted by Gasteiger charge is 2.07. The van der Waals surface area contributed by atoms with Gasteiger partial charge < -0.3 is 15.2 Å². The van der Waals surface area contributed by atoms with E-state index in [9.17, 15) is 0 Å². The highest BCUT2D eigenvalue weighted by Crippen LogP contribution is 2.22. The molecule has 1 atom stereocenters. The molecule has 96 valence electrons. The second-order valence-corrected chi connectivity index (χ2v) is 4.40. The summed E-state index contributed by atoms with van der Waals surface area (Å²) in [4.78, 5) is 0. The summed E-state index contributed by atoms with van der Waals surface area (Å²) in [6, 6.07) is 6.32. The molecule has 1 aromatic carbocycles. The fourth-order valence-electron chi connectivity index (χ4n) is 1.75. The number of benzene rings is 1. The zero-order chi connectivity index (χ0) is 12.7. The lowest BCUT2D eigenvalue weighted by molar-refractivity contribution is 0.184. The van der Waals surface area contributed by atoms with Crippen LogP contribution in [0, 0.1) is 0 Å². The van der Waals surface area contributed by atoms with Crippen LogP contribution in [0.2, 0.25) is 0 Å². The maximum atomic E-state index is 5.86. The Bertz CT molecular complexity index is 337. The van der Waals surface area contributed by atoms with Crippen LogP contribution in [-0.2, 0) is 17.8 Å². The lowest BCUT2D eigenvalue weighted by atomic mass is 10.0. The van der Waals surface area contributed by atoms with Gasteiger partial charge in [-0.15, -0.1) is 0 Å². The van der Waals surface area contributed by atoms with Crippen LogP contribution in [-0.4, -0.2) is 19.8 Å². The van der Waals surface area contributed by atoms with E-state index in [4.69, 9.17) is 15.2 Å². The SMILES string of the molecule is CCCOc1ccc(COC)cc1CC(C)N. The predicted molar refractivity (Wildman–Crippen MR) is 70.3 cm³/mol. The molecule has 0 radical (unpaired) electrons. The minimum atomic E-state index is 0.136. The van der Waals surface area contributed by atoms with Crippen LogP contribution in [0.1, 0.15) is 31.4 Å². The second-order valence-electron chi connectivity index (χ2n) is 4.40. The Labute approximate surface area is 104 Å². The van der Waals surface area contributed by atoms with Crippen molar-refractivity contribution in [3.8, 4) is 5.75 Å². The maximum absolute atomic E-state index is 5.86. The minimum Gasteiger partial charge on any atom is -0.493 e. The average molecular weight is 237 g/mol. The van der Waals surface area contributed by atoms with E-state index in [2.05, 4.69) is 13.0 Å². The zero-order valence-electron chi connectivity index (χ0n) is 11.0. The monoisotopic (exact) mass is 237 g/mol. The molecule has 3 nitrogen and oxygen atoms in total. The summed E-state index contributed by atoms with van der Waals surface area (Å²) in [7, 11) is 1.70. The van der Waals surface area contributed by atoms with Gasteiger partial charge in [0.25, 0.3) is 0 Å². The molecular formula is C14H23NO2. The standard InChI is InChI=1S/C14H23NO2/c1-4-7-17-14-6-5-12(10-16-3)9-13(14)8-11(2)15/h5-6,9,11H,4,7-8,10,15H2,1-3H3. The van der Waals surface area contributed by atoms with E-state index >= 15 is 0 Å². The summed E-state index contributed by atoms with van der Waals surface area (Å²) < 4.78 is 10.9. The minimum absolute atomic E-state index is 0.136. The molecule has 0 spiro atoms. The summed E-state index contributed by atoms with van der Waals surface area (Å²) in [6.07, 6.45) is 1.84. The molecule has 0 bridgehead atoms. The summed E-state index contributed by atoms with van der Waals surface area (Å²) >= 11 is 0. The Hall–Kier alpha value is -1.06. The molecule has 0 fully saturated rings. The van der Waals surface area contributed by atoms with Gasteiger partial charge in [-0.05, 0) is 43.0 Å². The summed E-state index contributed by atoms with van der Waals surface area (Å²) in [5.74, 6) is 0.948. The summed E-state index contributed by atoms with van der Waals surface area (Å²) in [5, 5.41) is 0. The van der Waals surface area contributed by atoms with Crippen LogP contribution >= 0.6 is 0 Å². The second kappa shape index (κ2) is 7.30. The van der Waals surface area contributed by atoms with Gasteiger partial charge in [-0.1, -0.05) is 13.0 Å². The number of hydrogen-bond acceptors (Lipinski definition) is 3. The van der Waals surface area contributed by atoms with Gasteiger partial charge in [0, 0.05) is 13.2 Å². The first-order valence-electron chi connectivity index (χ1n) is 6.16. The first kappa shape index (κ1) is 14.0. The van der Waals surface area contributed by atoms with Crippen molar-refractivity contribution in [2.45, 2.75) is 39.3 Å². The van der Waals surface area contributed by atoms with Crippen molar-refractivity contribution >= 4 is 0 Å². The molecule has 0 heterocycles. The normalized spacial score (nSPS) is 12.5. The number of hydrogen-bond donors (Lipinski definition) is 1. The van der Waals surface area contributed by atoms with Crippen molar-refractivity contribution in [1.29, 1.82) is 0 Å². The van der Waals surface area contributed by atoms with E-state index in [0.29, 0.717) is 6.61 Å². The van der Waals surface area contributed by atoms with Crippen LogP contribution in [0.25, 0.3) is 0 Å². The van der Waals surface area contributed by atoms with E-state index in [1.165, 1.54) is 5.56 Å². The largest absolute Gasteiger partial charge is 0.493 e. The van der Waals surface area contributed by atoms with Gasteiger partial charge in [0.05, 0.1) is 13.2 Å². The van der Waals surface area contributed by atoms with E-state index in [0.717, 1.165) is 30.8 Å². The number of methoxy groups -OCH3 is 1. The Kier molecular flexibility index (Phi) is 6.01. The van der Waals surface area contributed by atoms with Gasteiger partial charge in [0.15, 0.2) is 0 Å². The van der Waals surface area contributed by atoms with Crippen LogP contribution in [0.5, 0.6) is 5.75 Å². The molecule has 2 N–H and O–H groups in total. The molecule has 0 amide bonds. The van der Waals surface area contributed by atoms with Gasteiger partial charge in [0.1, 0.15) is 5.75 Å². The Morgan fingerprint density at radius 1 is 1.35 bits per heavy atom. The fourth-order valence-corrected chi connectivity index (χ4v) is 1.75. The first-order chi connectivity index (χ1) is 8.17. The molecule has 17 heavy (non-hydrogen) atoms. The quantitative estimate of drug-likeness (QED) is 0.792. The third-order valence-corrected chi connectivity index (χ3v) is 2.44. The van der Waals surface area contributed by atoms with Crippen LogP contribution in [0.4, 0.5) is 0 Å². The van der Waals surface area contributed by atoms with E-state index in [-0.39, 0.29) is 6.04 Å². The molecule has 0 aromatic heterocycles. The molecule has 1 aromatic rings. The smallest absolute Gasteiger partial charge is 0.122 e. The lowest BCUT2D eigenvalue weighted by Crippen LogP contribution is -2.18. The van der Waals surface area contributed by atoms with Crippen molar-refractivity contribution in [3.63, 3.8) is 0 Å². The van der Waals surface area contributed by atoms with Crippen molar-refractivity contribution in [1.82, 2.24) is 0 Å². The molecule has 0 aliphatic rings. The fraction of sp³-hybridized carbons (Fsp3) is 0.571. The lowest BCUT2D eigenvalue weighted by Gasteiger charge is -2.14. The topological polar surface area (TPSA) is 44.5 Å². The van der Waals surface area contributed by atoms with E-state index in [1.54, 1.807) is 7.11 Å². The van der Waals surface area contributed by atoms with E-state index < -0.39 is 0 Å². The molecule has 1 rings (SSSR count). The van der Waals surface area contributed by atoms with Crippen LogP contribution in [0.3, 0.4) is 0 Å². The van der Waals surface area contributed by atoms with Crippen molar-refractivity contribution in [2.24, 2.45) is 5.73 Å². The third-order valence-electron chi connectivity index (χ3n) is 2.44. The summed E-state index contributed by atoms with van der Waals surface area (Å²) in [6.45, 7) is 5.48. The van der Waals surface area contributed by atoms with Crippen LogP contribution < -0.4 is 10.5 Å². The molecule has 3 heteroatoms. The molecule has 0 saturated heterocycles. The average Bonchev–Trinajstić information content (AvgIpc) is 2.28. The Morgan fingerprint density at radius 2 is 2.12 bits per heavy atom. The number of rotatable bonds is 7. The number of nitrogens with two attached hydrogens (primary N) is 1. The summed E-state index contributed by atoms with van der Waals surface area (Å²) in [5.41, 5.74) is 8.19. The highest BCUT2D eigenvalue weighted by molar-refractivity contribution is 5.37. The van der Waals surface area contributed by atoms with Crippen molar-refractivity contribution in [2.75, 3.05) is 13.7 Å². The molecular weight excluding hydrogens is 214 g/mol. The van der Waals surface area contributed by atoms with Gasteiger partial charge in [-0.2, -0.15) is 0 Å². The van der Waals surface area contributed by atoms with Gasteiger partial charge in [-0.3, -0.25) is 0 Å². The highest BCUT2D eigenvalue weighted by atomic mass is 16.5. The molecule has 0 aliphatic heterocycles. The molecule has 1 unspecified atom stereocenters. The first-order valence-corrected chi connectivity index (χ1v) is 6.16. The van der Waals surface area contributed by atoms with Crippen molar-refractivity contribution < 1.29 is 9.47 Å². The Balaban J connectivity index is 2.86. The van der Waals surface area contributed by atoms with Gasteiger partial charge >= 0.3 is 0 Å². The van der Waals surface area contributed by atoms with E-state index in [1.807, 2.05) is 19.1 Å². The predicted octanol–water partition coefficient (Wildman–Crippen LogP) is 2.51. The van der Waals surface area contributed by atoms with Crippen molar-refractivity contribution in [3.05, 3.63) is 29.3 Å². The third kappa shape index (κ3) is 4.75. The Morgan fingerprint density at radius 3 is 2.71 bits per heavy atom. The number of ether oxygens (including phenoxy) is 2. The van der Waals surface area contributed by atoms with Gasteiger partial charge in [0.2, 0.25) is 0 Å². The molecule has 0 aliphatic carbocycles.